The number of aromatic nitrogens is 2. The van der Waals surface area contributed by atoms with Crippen molar-refractivity contribution in [2.45, 2.75) is 51.7 Å². The van der Waals surface area contributed by atoms with Crippen molar-refractivity contribution < 1.29 is 0 Å². The molecule has 0 bridgehead atoms. The minimum Gasteiger partial charge on any atom is -0.354 e. The summed E-state index contributed by atoms with van der Waals surface area (Å²) >= 11 is 0. The molecule has 1 aromatic carbocycles. The van der Waals surface area contributed by atoms with Gasteiger partial charge in [0, 0.05) is 31.4 Å². The van der Waals surface area contributed by atoms with Gasteiger partial charge in [0.1, 0.15) is 0 Å². The van der Waals surface area contributed by atoms with Crippen LogP contribution >= 0.6 is 0 Å². The Morgan fingerprint density at radius 3 is 2.64 bits per heavy atom. The third kappa shape index (κ3) is 5.34. The number of hydrogen-bond donors (Lipinski definition) is 2. The van der Waals surface area contributed by atoms with Crippen LogP contribution in [-0.4, -0.2) is 28.8 Å². The fraction of sp³-hybridized carbons (Fsp3) is 0.500. The number of rotatable bonds is 5. The lowest BCUT2D eigenvalue weighted by Crippen LogP contribution is -2.44. The molecule has 0 saturated heterocycles. The van der Waals surface area contributed by atoms with Crippen molar-refractivity contribution in [3.05, 3.63) is 53.9 Å². The highest BCUT2D eigenvalue weighted by atomic mass is 15.3. The van der Waals surface area contributed by atoms with Crippen molar-refractivity contribution >= 4 is 5.96 Å². The molecule has 134 valence electrons. The zero-order chi connectivity index (χ0) is 17.5. The number of benzene rings is 1. The van der Waals surface area contributed by atoms with Gasteiger partial charge < -0.3 is 10.6 Å². The average Bonchev–Trinajstić information content (AvgIpc) is 3.08. The van der Waals surface area contributed by atoms with Crippen molar-refractivity contribution in [1.29, 1.82) is 0 Å². The molecule has 1 aliphatic carbocycles. The summed E-state index contributed by atoms with van der Waals surface area (Å²) in [7, 11) is 1.83. The Labute approximate surface area is 150 Å². The van der Waals surface area contributed by atoms with Gasteiger partial charge in [0.25, 0.3) is 0 Å². The van der Waals surface area contributed by atoms with Crippen molar-refractivity contribution in [3.8, 4) is 0 Å². The Hall–Kier alpha value is -2.30. The van der Waals surface area contributed by atoms with E-state index in [0.29, 0.717) is 6.04 Å². The quantitative estimate of drug-likeness (QED) is 0.650. The van der Waals surface area contributed by atoms with Crippen LogP contribution in [0.3, 0.4) is 0 Å². The van der Waals surface area contributed by atoms with Gasteiger partial charge in [-0.25, -0.2) is 0 Å². The lowest BCUT2D eigenvalue weighted by Gasteiger charge is -2.28. The average molecular weight is 339 g/mol. The Morgan fingerprint density at radius 1 is 1.16 bits per heavy atom. The van der Waals surface area contributed by atoms with Crippen molar-refractivity contribution in [2.75, 3.05) is 7.05 Å². The largest absolute Gasteiger partial charge is 0.354 e. The maximum absolute atomic E-state index is 4.46. The van der Waals surface area contributed by atoms with Crippen LogP contribution in [0.4, 0.5) is 0 Å². The van der Waals surface area contributed by atoms with E-state index >= 15 is 0 Å². The van der Waals surface area contributed by atoms with Gasteiger partial charge in [0.2, 0.25) is 0 Å². The van der Waals surface area contributed by atoms with Gasteiger partial charge in [-0.3, -0.25) is 9.67 Å². The second-order valence-electron chi connectivity index (χ2n) is 7.06. The molecule has 1 heterocycles. The van der Waals surface area contributed by atoms with Crippen molar-refractivity contribution in [2.24, 2.45) is 10.9 Å². The second kappa shape index (κ2) is 8.70. The summed E-state index contributed by atoms with van der Waals surface area (Å²) in [5.41, 5.74) is 2.42. The van der Waals surface area contributed by atoms with Gasteiger partial charge in [-0.05, 0) is 37.2 Å². The summed E-state index contributed by atoms with van der Waals surface area (Å²) in [4.78, 5) is 4.36. The number of aliphatic imine (C=N–C) groups is 1. The molecule has 0 spiro atoms. The number of hydrogen-bond acceptors (Lipinski definition) is 2. The standard InChI is InChI=1S/C20H29N5/c1-16-8-10-19(11-9-16)24-20(21-2)22-12-18-13-23-25(15-18)14-17-6-4-3-5-7-17/h3-7,13,15-16,19H,8-12,14H2,1-2H3,(H2,21,22,24). The highest BCUT2D eigenvalue weighted by molar-refractivity contribution is 5.79. The van der Waals surface area contributed by atoms with E-state index in [4.69, 9.17) is 0 Å². The van der Waals surface area contributed by atoms with E-state index < -0.39 is 0 Å². The third-order valence-corrected chi connectivity index (χ3v) is 4.91. The van der Waals surface area contributed by atoms with Crippen molar-refractivity contribution in [3.63, 3.8) is 0 Å². The first-order valence-electron chi connectivity index (χ1n) is 9.25. The zero-order valence-electron chi connectivity index (χ0n) is 15.3. The van der Waals surface area contributed by atoms with Gasteiger partial charge in [-0.1, -0.05) is 37.3 Å². The molecule has 5 heteroatoms. The predicted octanol–water partition coefficient (Wildman–Crippen LogP) is 3.18. The Morgan fingerprint density at radius 2 is 1.92 bits per heavy atom. The first kappa shape index (κ1) is 17.5. The SMILES string of the molecule is CN=C(NCc1cnn(Cc2ccccc2)c1)NC1CCC(C)CC1. The summed E-state index contributed by atoms with van der Waals surface area (Å²) < 4.78 is 1.98. The van der Waals surface area contributed by atoms with E-state index in [0.717, 1.165) is 30.5 Å². The predicted molar refractivity (Wildman–Crippen MR) is 103 cm³/mol. The fourth-order valence-electron chi connectivity index (χ4n) is 3.33. The Bertz CT molecular complexity index is 668. The molecule has 25 heavy (non-hydrogen) atoms. The van der Waals surface area contributed by atoms with Gasteiger partial charge >= 0.3 is 0 Å². The number of nitrogens with one attached hydrogen (secondary N) is 2. The molecule has 5 nitrogen and oxygen atoms in total. The van der Waals surface area contributed by atoms with E-state index in [1.807, 2.05) is 24.0 Å². The lowest BCUT2D eigenvalue weighted by molar-refractivity contribution is 0.329. The molecule has 2 N–H and O–H groups in total. The summed E-state index contributed by atoms with van der Waals surface area (Å²) in [6.45, 7) is 3.88. The highest BCUT2D eigenvalue weighted by Gasteiger charge is 2.18. The highest BCUT2D eigenvalue weighted by Crippen LogP contribution is 2.23. The number of guanidine groups is 1. The minimum absolute atomic E-state index is 0.545. The molecule has 1 saturated carbocycles. The molecule has 1 aromatic heterocycles. The molecule has 0 unspecified atom stereocenters. The van der Waals surface area contributed by atoms with Crippen LogP contribution in [0.5, 0.6) is 0 Å². The molecule has 0 amide bonds. The van der Waals surface area contributed by atoms with Gasteiger partial charge in [0.15, 0.2) is 5.96 Å². The molecule has 1 aliphatic rings. The van der Waals surface area contributed by atoms with Crippen LogP contribution < -0.4 is 10.6 Å². The molecule has 0 atom stereocenters. The third-order valence-electron chi connectivity index (χ3n) is 4.91. The summed E-state index contributed by atoms with van der Waals surface area (Å²) in [6.07, 6.45) is 9.09. The monoisotopic (exact) mass is 339 g/mol. The van der Waals surface area contributed by atoms with Crippen molar-refractivity contribution in [1.82, 2.24) is 20.4 Å². The molecule has 1 fully saturated rings. The van der Waals surface area contributed by atoms with E-state index in [-0.39, 0.29) is 0 Å². The van der Waals surface area contributed by atoms with Crippen LogP contribution in [0, 0.1) is 5.92 Å². The fourth-order valence-corrected chi connectivity index (χ4v) is 3.33. The second-order valence-corrected chi connectivity index (χ2v) is 7.06. The molecule has 2 aromatic rings. The summed E-state index contributed by atoms with van der Waals surface area (Å²) in [5, 5.41) is 11.4. The van der Waals surface area contributed by atoms with Crippen LogP contribution in [-0.2, 0) is 13.1 Å². The van der Waals surface area contributed by atoms with Crippen LogP contribution in [0.1, 0.15) is 43.7 Å². The summed E-state index contributed by atoms with van der Waals surface area (Å²) in [5.74, 6) is 1.75. The van der Waals surface area contributed by atoms with Crippen LogP contribution in [0.15, 0.2) is 47.7 Å². The van der Waals surface area contributed by atoms with E-state index in [9.17, 15) is 0 Å². The van der Waals surface area contributed by atoms with Gasteiger partial charge in [0.05, 0.1) is 12.7 Å². The topological polar surface area (TPSA) is 54.2 Å². The van der Waals surface area contributed by atoms with Crippen LogP contribution in [0.2, 0.25) is 0 Å². The Balaban J connectivity index is 1.47. The molecular formula is C20H29N5. The molecule has 3 rings (SSSR count). The first-order valence-corrected chi connectivity index (χ1v) is 9.25. The normalized spacial score (nSPS) is 21.1. The first-order chi connectivity index (χ1) is 12.2. The Kier molecular flexibility index (Phi) is 6.09. The lowest BCUT2D eigenvalue weighted by atomic mass is 9.87. The maximum atomic E-state index is 4.46. The van der Waals surface area contributed by atoms with E-state index in [1.165, 1.54) is 31.2 Å². The van der Waals surface area contributed by atoms with Gasteiger partial charge in [-0.15, -0.1) is 0 Å². The van der Waals surface area contributed by atoms with Crippen LogP contribution in [0.25, 0.3) is 0 Å². The van der Waals surface area contributed by atoms with E-state index in [2.05, 4.69) is 58.1 Å². The smallest absolute Gasteiger partial charge is 0.191 e. The van der Waals surface area contributed by atoms with E-state index in [1.54, 1.807) is 0 Å². The minimum atomic E-state index is 0.545. The maximum Gasteiger partial charge on any atom is 0.191 e. The number of nitrogens with zero attached hydrogens (tertiary/aromatic N) is 3. The van der Waals surface area contributed by atoms with Gasteiger partial charge in [-0.2, -0.15) is 5.10 Å². The molecule has 0 radical (unpaired) electrons. The molecular weight excluding hydrogens is 310 g/mol. The molecule has 0 aliphatic heterocycles. The zero-order valence-corrected chi connectivity index (χ0v) is 15.3. The summed E-state index contributed by atoms with van der Waals surface area (Å²) in [6, 6.07) is 10.9.